The molecule has 18 heavy (non-hydrogen) atoms. The molecule has 1 aromatic heterocycles. The van der Waals surface area contributed by atoms with Crippen molar-refractivity contribution in [3.8, 4) is 0 Å². The van der Waals surface area contributed by atoms with Crippen molar-refractivity contribution in [2.75, 3.05) is 11.1 Å². The van der Waals surface area contributed by atoms with Crippen molar-refractivity contribution in [3.05, 3.63) is 44.7 Å². The highest BCUT2D eigenvalue weighted by molar-refractivity contribution is 9.10. The molecule has 1 amide bonds. The fourth-order valence-electron chi connectivity index (χ4n) is 1.43. The summed E-state index contributed by atoms with van der Waals surface area (Å²) in [6, 6.07) is 5.16. The molecule has 0 spiro atoms. The van der Waals surface area contributed by atoms with Crippen LogP contribution >= 0.6 is 31.9 Å². The van der Waals surface area contributed by atoms with Crippen LogP contribution in [0.1, 0.15) is 15.9 Å². The van der Waals surface area contributed by atoms with Crippen molar-refractivity contribution in [1.82, 2.24) is 0 Å². The van der Waals surface area contributed by atoms with Gasteiger partial charge in [0.2, 0.25) is 0 Å². The smallest absolute Gasteiger partial charge is 0.260 e. The number of halogens is 2. The maximum atomic E-state index is 12.0. The maximum absolute atomic E-state index is 12.0. The Hall–Kier alpha value is -1.27. The van der Waals surface area contributed by atoms with Crippen LogP contribution in [-0.2, 0) is 0 Å². The van der Waals surface area contributed by atoms with Crippen LogP contribution in [0, 0.1) is 6.92 Å². The fourth-order valence-corrected chi connectivity index (χ4v) is 2.41. The highest BCUT2D eigenvalue weighted by atomic mass is 79.9. The van der Waals surface area contributed by atoms with Gasteiger partial charge in [-0.3, -0.25) is 4.79 Å². The monoisotopic (exact) mass is 372 g/mol. The summed E-state index contributed by atoms with van der Waals surface area (Å²) in [5, 5.41) is 2.77. The van der Waals surface area contributed by atoms with E-state index in [4.69, 9.17) is 10.2 Å². The minimum Gasteiger partial charge on any atom is -0.457 e. The topological polar surface area (TPSA) is 68.3 Å². The second-order valence-electron chi connectivity index (χ2n) is 3.75. The number of nitrogens with one attached hydrogen (secondary N) is 1. The summed E-state index contributed by atoms with van der Waals surface area (Å²) in [5.74, 6) is -0.264. The average Bonchev–Trinajstić information content (AvgIpc) is 2.72. The zero-order valence-corrected chi connectivity index (χ0v) is 12.6. The van der Waals surface area contributed by atoms with Gasteiger partial charge in [0.05, 0.1) is 17.5 Å². The average molecular weight is 374 g/mol. The van der Waals surface area contributed by atoms with Crippen molar-refractivity contribution in [2.24, 2.45) is 0 Å². The molecule has 0 atom stereocenters. The largest absolute Gasteiger partial charge is 0.457 e. The van der Waals surface area contributed by atoms with Crippen LogP contribution in [0.25, 0.3) is 0 Å². The maximum Gasteiger partial charge on any atom is 0.260 e. The first-order valence-corrected chi connectivity index (χ1v) is 6.67. The van der Waals surface area contributed by atoms with Crippen LogP contribution < -0.4 is 11.1 Å². The zero-order chi connectivity index (χ0) is 13.3. The third kappa shape index (κ3) is 2.59. The van der Waals surface area contributed by atoms with E-state index >= 15 is 0 Å². The highest BCUT2D eigenvalue weighted by Crippen LogP contribution is 2.29. The van der Waals surface area contributed by atoms with Gasteiger partial charge in [0.1, 0.15) is 0 Å². The van der Waals surface area contributed by atoms with Gasteiger partial charge in [-0.15, -0.1) is 0 Å². The minimum absolute atomic E-state index is 0.264. The number of aryl methyl sites for hydroxylation is 1. The Labute approximate surface area is 121 Å². The van der Waals surface area contributed by atoms with Gasteiger partial charge in [-0.1, -0.05) is 0 Å². The molecule has 0 aliphatic carbocycles. The Kier molecular flexibility index (Phi) is 3.77. The molecule has 0 fully saturated rings. The summed E-state index contributed by atoms with van der Waals surface area (Å²) in [5.41, 5.74) is 8.44. The van der Waals surface area contributed by atoms with E-state index in [2.05, 4.69) is 37.2 Å². The number of benzene rings is 1. The molecule has 1 heterocycles. The molecular formula is C12H10Br2N2O2. The molecule has 94 valence electrons. The molecule has 2 rings (SSSR count). The van der Waals surface area contributed by atoms with Crippen LogP contribution in [-0.4, -0.2) is 5.91 Å². The molecule has 0 bridgehead atoms. The molecule has 0 saturated heterocycles. The van der Waals surface area contributed by atoms with E-state index in [1.807, 2.05) is 13.0 Å². The van der Waals surface area contributed by atoms with Gasteiger partial charge in [0.25, 0.3) is 5.91 Å². The van der Waals surface area contributed by atoms with Crippen molar-refractivity contribution in [2.45, 2.75) is 6.92 Å². The lowest BCUT2D eigenvalue weighted by Crippen LogP contribution is -2.12. The van der Waals surface area contributed by atoms with E-state index in [1.165, 1.54) is 6.26 Å². The van der Waals surface area contributed by atoms with Gasteiger partial charge in [-0.05, 0) is 62.5 Å². The molecule has 0 aliphatic rings. The van der Waals surface area contributed by atoms with E-state index in [9.17, 15) is 4.79 Å². The third-order valence-electron chi connectivity index (χ3n) is 2.47. The summed E-state index contributed by atoms with van der Waals surface area (Å²) in [6.07, 6.45) is 1.44. The Morgan fingerprint density at radius 3 is 2.72 bits per heavy atom. The predicted octanol–water partition coefficient (Wildman–Crippen LogP) is 3.95. The van der Waals surface area contributed by atoms with Crippen LogP contribution in [0.4, 0.5) is 11.4 Å². The van der Waals surface area contributed by atoms with E-state index in [0.29, 0.717) is 21.6 Å². The highest BCUT2D eigenvalue weighted by Gasteiger charge is 2.14. The molecule has 0 aliphatic heterocycles. The molecule has 2 aromatic rings. The number of hydrogen-bond donors (Lipinski definition) is 2. The Morgan fingerprint density at radius 2 is 2.11 bits per heavy atom. The lowest BCUT2D eigenvalue weighted by molar-refractivity contribution is 0.102. The normalized spacial score (nSPS) is 10.4. The first-order valence-electron chi connectivity index (χ1n) is 5.09. The number of rotatable bonds is 2. The fraction of sp³-hybridized carbons (Fsp3) is 0.0833. The molecule has 4 nitrogen and oxygen atoms in total. The molecule has 1 aromatic carbocycles. The molecule has 0 radical (unpaired) electrons. The summed E-state index contributed by atoms with van der Waals surface area (Å²) in [7, 11) is 0. The quantitative estimate of drug-likeness (QED) is 0.783. The Morgan fingerprint density at radius 1 is 1.39 bits per heavy atom. The van der Waals surface area contributed by atoms with Gasteiger partial charge in [0, 0.05) is 10.2 Å². The Bertz CT molecular complexity index is 608. The number of nitrogens with two attached hydrogens (primary N) is 1. The number of furan rings is 1. The van der Waals surface area contributed by atoms with Crippen LogP contribution in [0.5, 0.6) is 0 Å². The molecule has 6 heteroatoms. The molecule has 0 unspecified atom stereocenters. The number of amides is 1. The summed E-state index contributed by atoms with van der Waals surface area (Å²) in [4.78, 5) is 12.0. The van der Waals surface area contributed by atoms with E-state index < -0.39 is 0 Å². The van der Waals surface area contributed by atoms with Crippen LogP contribution in [0.15, 0.2) is 38.0 Å². The third-order valence-corrected chi connectivity index (χ3v) is 3.74. The number of carbonyl (C=O) groups excluding carboxylic acids is 1. The van der Waals surface area contributed by atoms with Gasteiger partial charge in [-0.25, -0.2) is 0 Å². The second-order valence-corrected chi connectivity index (χ2v) is 5.33. The summed E-state index contributed by atoms with van der Waals surface area (Å²) in [6.45, 7) is 1.90. The van der Waals surface area contributed by atoms with Crippen molar-refractivity contribution >= 4 is 49.1 Å². The van der Waals surface area contributed by atoms with Crippen molar-refractivity contribution < 1.29 is 9.21 Å². The van der Waals surface area contributed by atoms with Gasteiger partial charge in [-0.2, -0.15) is 0 Å². The number of carbonyl (C=O) groups is 1. The lowest BCUT2D eigenvalue weighted by atomic mass is 10.2. The van der Waals surface area contributed by atoms with Gasteiger partial charge in [0.15, 0.2) is 4.67 Å². The van der Waals surface area contributed by atoms with Crippen LogP contribution in [0.2, 0.25) is 0 Å². The SMILES string of the molecule is Cc1cc(Br)c(NC(=O)c2ccoc2Br)cc1N. The molecular weight excluding hydrogens is 364 g/mol. The summed E-state index contributed by atoms with van der Waals surface area (Å²) < 4.78 is 6.19. The van der Waals surface area contributed by atoms with Gasteiger partial charge >= 0.3 is 0 Å². The second kappa shape index (κ2) is 5.16. The first kappa shape index (κ1) is 13.2. The van der Waals surface area contributed by atoms with Crippen molar-refractivity contribution in [1.29, 1.82) is 0 Å². The molecule has 3 N–H and O–H groups in total. The minimum atomic E-state index is -0.264. The van der Waals surface area contributed by atoms with E-state index in [0.717, 1.165) is 10.0 Å². The first-order chi connectivity index (χ1) is 8.49. The Balaban J connectivity index is 2.28. The zero-order valence-electron chi connectivity index (χ0n) is 9.46. The predicted molar refractivity (Wildman–Crippen MR) is 77.7 cm³/mol. The standard InChI is InChI=1S/C12H10Br2N2O2/c1-6-4-8(13)10(5-9(6)15)16-12(17)7-2-3-18-11(7)14/h2-5H,15H2,1H3,(H,16,17). The van der Waals surface area contributed by atoms with E-state index in [-0.39, 0.29) is 5.91 Å². The van der Waals surface area contributed by atoms with Gasteiger partial charge < -0.3 is 15.5 Å². The summed E-state index contributed by atoms with van der Waals surface area (Å²) >= 11 is 6.55. The number of hydrogen-bond acceptors (Lipinski definition) is 3. The molecule has 0 saturated carbocycles. The van der Waals surface area contributed by atoms with Crippen molar-refractivity contribution in [3.63, 3.8) is 0 Å². The number of nitrogen functional groups attached to an aromatic ring is 1. The number of anilines is 2. The lowest BCUT2D eigenvalue weighted by Gasteiger charge is -2.09. The van der Waals surface area contributed by atoms with E-state index in [1.54, 1.807) is 12.1 Å². The van der Waals surface area contributed by atoms with Crippen LogP contribution in [0.3, 0.4) is 0 Å².